The maximum absolute atomic E-state index is 13.1. The van der Waals surface area contributed by atoms with Gasteiger partial charge in [-0.25, -0.2) is 4.39 Å². The fourth-order valence-corrected chi connectivity index (χ4v) is 2.65. The number of rotatable bonds is 3. The first-order valence-corrected chi connectivity index (χ1v) is 7.57. The minimum absolute atomic E-state index is 0.203. The number of halogens is 1. The summed E-state index contributed by atoms with van der Waals surface area (Å²) in [6, 6.07) is 12.4. The van der Waals surface area contributed by atoms with E-state index < -0.39 is 6.04 Å². The van der Waals surface area contributed by atoms with E-state index in [1.807, 2.05) is 6.07 Å². The molecule has 0 spiro atoms. The van der Waals surface area contributed by atoms with Crippen molar-refractivity contribution in [2.45, 2.75) is 12.5 Å². The molecular weight excluding hydrogens is 309 g/mol. The summed E-state index contributed by atoms with van der Waals surface area (Å²) < 4.78 is 18.8. The second kappa shape index (κ2) is 6.69. The number of ether oxygens (including phenoxy) is 1. The van der Waals surface area contributed by atoms with Crippen molar-refractivity contribution in [1.82, 2.24) is 0 Å². The van der Waals surface area contributed by atoms with E-state index in [0.717, 1.165) is 5.56 Å². The van der Waals surface area contributed by atoms with Gasteiger partial charge in [0.1, 0.15) is 18.2 Å². The Bertz CT molecular complexity index is 799. The number of anilines is 1. The Kier molecular flexibility index (Phi) is 4.45. The molecule has 24 heavy (non-hydrogen) atoms. The molecule has 5 nitrogen and oxygen atoms in total. The van der Waals surface area contributed by atoms with Gasteiger partial charge in [-0.15, -0.1) is 0 Å². The van der Waals surface area contributed by atoms with Crippen LogP contribution in [0.1, 0.15) is 15.9 Å². The lowest BCUT2D eigenvalue weighted by atomic mass is 10.0. The summed E-state index contributed by atoms with van der Waals surface area (Å²) in [6.45, 7) is 0.691. The van der Waals surface area contributed by atoms with Crippen LogP contribution in [0.15, 0.2) is 42.5 Å². The Morgan fingerprint density at radius 2 is 2.04 bits per heavy atom. The number of carbonyl (C=O) groups is 1. The predicted molar refractivity (Wildman–Crippen MR) is 87.3 cm³/mol. The van der Waals surface area contributed by atoms with Crippen LogP contribution in [0.25, 0.3) is 0 Å². The van der Waals surface area contributed by atoms with Crippen molar-refractivity contribution >= 4 is 11.6 Å². The first kappa shape index (κ1) is 16.0. The van der Waals surface area contributed by atoms with Crippen molar-refractivity contribution < 1.29 is 13.9 Å². The SMILES string of the molecule is N#C[C@@H](N)Cc1ccc2c(c1)OCCN(c1ccc(F)cc1)C2=O. The molecule has 0 saturated carbocycles. The van der Waals surface area contributed by atoms with Crippen molar-refractivity contribution in [2.75, 3.05) is 18.1 Å². The molecule has 6 heteroatoms. The number of benzene rings is 2. The Labute approximate surface area is 139 Å². The first-order chi connectivity index (χ1) is 11.6. The maximum atomic E-state index is 13.1. The molecule has 2 aromatic rings. The molecule has 2 aromatic carbocycles. The van der Waals surface area contributed by atoms with Gasteiger partial charge in [-0.1, -0.05) is 6.07 Å². The summed E-state index contributed by atoms with van der Waals surface area (Å²) in [6.07, 6.45) is 0.392. The summed E-state index contributed by atoms with van der Waals surface area (Å²) in [4.78, 5) is 14.3. The van der Waals surface area contributed by atoms with E-state index in [9.17, 15) is 9.18 Å². The van der Waals surface area contributed by atoms with Crippen molar-refractivity contribution in [2.24, 2.45) is 5.73 Å². The number of hydrogen-bond acceptors (Lipinski definition) is 4. The molecule has 1 aliphatic rings. The monoisotopic (exact) mass is 325 g/mol. The fourth-order valence-electron chi connectivity index (χ4n) is 2.65. The normalized spacial score (nSPS) is 15.0. The van der Waals surface area contributed by atoms with Gasteiger partial charge in [0.05, 0.1) is 24.2 Å². The van der Waals surface area contributed by atoms with Crippen molar-refractivity contribution in [1.29, 1.82) is 5.26 Å². The van der Waals surface area contributed by atoms with E-state index in [4.69, 9.17) is 15.7 Å². The van der Waals surface area contributed by atoms with E-state index in [2.05, 4.69) is 0 Å². The molecule has 1 atom stereocenters. The Balaban J connectivity index is 1.90. The Morgan fingerprint density at radius 1 is 1.29 bits per heavy atom. The molecule has 1 heterocycles. The third kappa shape index (κ3) is 3.21. The van der Waals surface area contributed by atoms with E-state index in [0.29, 0.717) is 36.6 Å². The number of carbonyl (C=O) groups excluding carboxylic acids is 1. The summed E-state index contributed by atoms with van der Waals surface area (Å²) in [5, 5.41) is 8.81. The highest BCUT2D eigenvalue weighted by atomic mass is 19.1. The van der Waals surface area contributed by atoms with E-state index >= 15 is 0 Å². The second-order valence-electron chi connectivity index (χ2n) is 5.55. The number of nitrogens with zero attached hydrogens (tertiary/aromatic N) is 2. The Hall–Kier alpha value is -2.91. The summed E-state index contributed by atoms with van der Waals surface area (Å²) in [5.41, 5.74) is 7.54. The first-order valence-electron chi connectivity index (χ1n) is 7.57. The maximum Gasteiger partial charge on any atom is 0.262 e. The van der Waals surface area contributed by atoms with Crippen LogP contribution in [0.3, 0.4) is 0 Å². The Morgan fingerprint density at radius 3 is 2.75 bits per heavy atom. The van der Waals surface area contributed by atoms with Crippen LogP contribution in [0, 0.1) is 17.1 Å². The average molecular weight is 325 g/mol. The summed E-state index contributed by atoms with van der Waals surface area (Å²) >= 11 is 0. The van der Waals surface area contributed by atoms with Crippen molar-refractivity contribution in [3.63, 3.8) is 0 Å². The van der Waals surface area contributed by atoms with Crippen LogP contribution >= 0.6 is 0 Å². The van der Waals surface area contributed by atoms with E-state index in [1.54, 1.807) is 35.2 Å². The van der Waals surface area contributed by atoms with Crippen molar-refractivity contribution in [3.05, 3.63) is 59.4 Å². The summed E-state index contributed by atoms with van der Waals surface area (Å²) in [7, 11) is 0. The minimum Gasteiger partial charge on any atom is -0.491 e. The molecule has 0 aromatic heterocycles. The van der Waals surface area contributed by atoms with Crippen molar-refractivity contribution in [3.8, 4) is 11.8 Å². The zero-order valence-electron chi connectivity index (χ0n) is 12.9. The summed E-state index contributed by atoms with van der Waals surface area (Å²) in [5.74, 6) is -0.0753. The smallest absolute Gasteiger partial charge is 0.262 e. The zero-order valence-corrected chi connectivity index (χ0v) is 12.9. The quantitative estimate of drug-likeness (QED) is 0.939. The fraction of sp³-hybridized carbons (Fsp3) is 0.222. The lowest BCUT2D eigenvalue weighted by molar-refractivity contribution is 0.0990. The van der Waals surface area contributed by atoms with Gasteiger partial charge in [-0.05, 0) is 42.0 Å². The minimum atomic E-state index is -0.597. The van der Waals surface area contributed by atoms with Crippen LogP contribution in [-0.2, 0) is 6.42 Å². The molecule has 0 bridgehead atoms. The molecule has 122 valence electrons. The van der Waals surface area contributed by atoms with Crippen LogP contribution in [0.2, 0.25) is 0 Å². The number of amides is 1. The largest absolute Gasteiger partial charge is 0.491 e. The average Bonchev–Trinajstić information content (AvgIpc) is 2.74. The van der Waals surface area contributed by atoms with Gasteiger partial charge in [0, 0.05) is 12.1 Å². The third-order valence-corrected chi connectivity index (χ3v) is 3.85. The third-order valence-electron chi connectivity index (χ3n) is 3.85. The lowest BCUT2D eigenvalue weighted by Crippen LogP contribution is -2.32. The van der Waals surface area contributed by atoms with Crippen LogP contribution < -0.4 is 15.4 Å². The number of nitrogens with two attached hydrogens (primary N) is 1. The molecule has 0 unspecified atom stereocenters. The van der Waals surface area contributed by atoms with Crippen LogP contribution in [0.4, 0.5) is 10.1 Å². The number of nitriles is 1. The highest BCUT2D eigenvalue weighted by molar-refractivity contribution is 6.08. The number of fused-ring (bicyclic) bond motifs is 1. The topological polar surface area (TPSA) is 79.4 Å². The van der Waals surface area contributed by atoms with Gasteiger partial charge in [0.2, 0.25) is 0 Å². The molecule has 3 rings (SSSR count). The highest BCUT2D eigenvalue weighted by Crippen LogP contribution is 2.28. The molecule has 1 aliphatic heterocycles. The van der Waals surface area contributed by atoms with Gasteiger partial charge in [-0.3, -0.25) is 4.79 Å². The van der Waals surface area contributed by atoms with Gasteiger partial charge in [-0.2, -0.15) is 5.26 Å². The lowest BCUT2D eigenvalue weighted by Gasteiger charge is -2.20. The molecular formula is C18H16FN3O2. The second-order valence-corrected chi connectivity index (χ2v) is 5.55. The molecule has 0 fully saturated rings. The molecule has 2 N–H and O–H groups in total. The predicted octanol–water partition coefficient (Wildman–Crippen LogP) is 2.26. The highest BCUT2D eigenvalue weighted by Gasteiger charge is 2.25. The van der Waals surface area contributed by atoms with Gasteiger partial charge in [0.15, 0.2) is 0 Å². The molecule has 0 saturated heterocycles. The molecule has 0 radical (unpaired) electrons. The standard InChI is InChI=1S/C18H16FN3O2/c19-13-2-4-15(5-3-13)22-7-8-24-17-10-12(9-14(21)11-20)1-6-16(17)18(22)23/h1-6,10,14H,7-9,21H2/t14-/m0/s1. The zero-order chi connectivity index (χ0) is 17.1. The van der Waals surface area contributed by atoms with Crippen LogP contribution in [-0.4, -0.2) is 25.1 Å². The van der Waals surface area contributed by atoms with Gasteiger partial charge >= 0.3 is 0 Å². The molecule has 0 aliphatic carbocycles. The van der Waals surface area contributed by atoms with E-state index in [1.165, 1.54) is 12.1 Å². The van der Waals surface area contributed by atoms with E-state index in [-0.39, 0.29) is 11.7 Å². The van der Waals surface area contributed by atoms with Gasteiger partial charge < -0.3 is 15.4 Å². The van der Waals surface area contributed by atoms with Gasteiger partial charge in [0.25, 0.3) is 5.91 Å². The molecule has 1 amide bonds. The number of hydrogen-bond donors (Lipinski definition) is 1. The van der Waals surface area contributed by atoms with Crippen LogP contribution in [0.5, 0.6) is 5.75 Å².